The summed E-state index contributed by atoms with van der Waals surface area (Å²) in [6, 6.07) is 4.22. The smallest absolute Gasteiger partial charge is 0.0658 e. The molecule has 0 aromatic carbocycles. The Morgan fingerprint density at radius 2 is 1.94 bits per heavy atom. The van der Waals surface area contributed by atoms with Crippen LogP contribution >= 0.6 is 0 Å². The maximum Gasteiger partial charge on any atom is 0.0658 e. The molecule has 1 unspecified atom stereocenters. The standard InChI is InChI=1S/C14H26N4/c1-6-14(7-2,18(4)5)13(17-15)12-9-8-11(3)16-10-12/h8-10,13,17H,6-7,15H2,1-5H3. The molecule has 0 spiro atoms. The van der Waals surface area contributed by atoms with Gasteiger partial charge in [-0.3, -0.25) is 16.3 Å². The zero-order valence-electron chi connectivity index (χ0n) is 12.2. The van der Waals surface area contributed by atoms with Gasteiger partial charge in [0.25, 0.3) is 0 Å². The molecule has 0 amide bonds. The highest BCUT2D eigenvalue weighted by molar-refractivity contribution is 5.21. The van der Waals surface area contributed by atoms with Crippen LogP contribution < -0.4 is 11.3 Å². The van der Waals surface area contributed by atoms with E-state index in [1.165, 1.54) is 0 Å². The summed E-state index contributed by atoms with van der Waals surface area (Å²) in [7, 11) is 4.22. The Bertz CT molecular complexity index is 355. The Kier molecular flexibility index (Phi) is 5.26. The molecule has 0 saturated heterocycles. The lowest BCUT2D eigenvalue weighted by Crippen LogP contribution is -2.54. The van der Waals surface area contributed by atoms with Gasteiger partial charge in [0, 0.05) is 17.4 Å². The molecule has 0 aliphatic rings. The van der Waals surface area contributed by atoms with E-state index in [9.17, 15) is 0 Å². The highest BCUT2D eigenvalue weighted by Crippen LogP contribution is 2.35. The number of hydrogen-bond acceptors (Lipinski definition) is 4. The van der Waals surface area contributed by atoms with Crippen LogP contribution in [0.3, 0.4) is 0 Å². The number of likely N-dealkylation sites (N-methyl/N-ethyl adjacent to an activating group) is 1. The van der Waals surface area contributed by atoms with Gasteiger partial charge in [0.1, 0.15) is 0 Å². The number of aromatic nitrogens is 1. The summed E-state index contributed by atoms with van der Waals surface area (Å²) in [5.74, 6) is 5.81. The first-order chi connectivity index (χ1) is 8.51. The van der Waals surface area contributed by atoms with E-state index < -0.39 is 0 Å². The van der Waals surface area contributed by atoms with Gasteiger partial charge in [-0.1, -0.05) is 19.9 Å². The quantitative estimate of drug-likeness (QED) is 0.599. The number of nitrogens with one attached hydrogen (secondary N) is 1. The fourth-order valence-electron chi connectivity index (χ4n) is 2.76. The highest BCUT2D eigenvalue weighted by atomic mass is 15.3. The molecule has 1 atom stereocenters. The Balaban J connectivity index is 3.17. The number of nitrogens with zero attached hydrogens (tertiary/aromatic N) is 2. The lowest BCUT2D eigenvalue weighted by atomic mass is 9.80. The van der Waals surface area contributed by atoms with Gasteiger partial charge in [-0.15, -0.1) is 0 Å². The number of hydrazine groups is 1. The molecule has 0 aliphatic carbocycles. The van der Waals surface area contributed by atoms with E-state index in [-0.39, 0.29) is 11.6 Å². The number of rotatable bonds is 6. The third kappa shape index (κ3) is 2.71. The minimum atomic E-state index is 0.00564. The van der Waals surface area contributed by atoms with Gasteiger partial charge >= 0.3 is 0 Å². The SMILES string of the molecule is CCC(CC)(C(NN)c1ccc(C)nc1)N(C)C. The zero-order chi connectivity index (χ0) is 13.8. The Morgan fingerprint density at radius 3 is 2.28 bits per heavy atom. The molecule has 0 aliphatic heterocycles. The lowest BCUT2D eigenvalue weighted by Gasteiger charge is -2.45. The second kappa shape index (κ2) is 6.27. The Labute approximate surface area is 111 Å². The van der Waals surface area contributed by atoms with Crippen LogP contribution in [0.25, 0.3) is 0 Å². The van der Waals surface area contributed by atoms with E-state index in [0.717, 1.165) is 24.1 Å². The van der Waals surface area contributed by atoms with Gasteiger partial charge in [-0.25, -0.2) is 0 Å². The van der Waals surface area contributed by atoms with Crippen LogP contribution in [0.15, 0.2) is 18.3 Å². The summed E-state index contributed by atoms with van der Waals surface area (Å²) < 4.78 is 0. The van der Waals surface area contributed by atoms with Crippen LogP contribution in [0.2, 0.25) is 0 Å². The van der Waals surface area contributed by atoms with Crippen molar-refractivity contribution in [3.63, 3.8) is 0 Å². The Hall–Kier alpha value is -0.970. The maximum atomic E-state index is 5.81. The summed E-state index contributed by atoms with van der Waals surface area (Å²) in [6.07, 6.45) is 3.97. The molecule has 0 saturated carbocycles. The van der Waals surface area contributed by atoms with Gasteiger partial charge in [-0.2, -0.15) is 0 Å². The monoisotopic (exact) mass is 250 g/mol. The van der Waals surface area contributed by atoms with E-state index in [1.807, 2.05) is 19.2 Å². The first-order valence-electron chi connectivity index (χ1n) is 6.58. The molecule has 1 aromatic rings. The third-order valence-corrected chi connectivity index (χ3v) is 4.09. The van der Waals surface area contributed by atoms with Gasteiger partial charge in [0.2, 0.25) is 0 Å². The van der Waals surface area contributed by atoms with Gasteiger partial charge < -0.3 is 4.90 Å². The molecule has 18 heavy (non-hydrogen) atoms. The molecule has 3 N–H and O–H groups in total. The fourth-order valence-corrected chi connectivity index (χ4v) is 2.76. The van der Waals surface area contributed by atoms with Crippen LogP contribution in [0.5, 0.6) is 0 Å². The van der Waals surface area contributed by atoms with Crippen molar-refractivity contribution in [1.29, 1.82) is 0 Å². The van der Waals surface area contributed by atoms with Crippen molar-refractivity contribution in [3.05, 3.63) is 29.6 Å². The maximum absolute atomic E-state index is 5.81. The molecular weight excluding hydrogens is 224 g/mol. The van der Waals surface area contributed by atoms with Gasteiger partial charge in [0.05, 0.1) is 6.04 Å². The molecule has 0 bridgehead atoms. The largest absolute Gasteiger partial charge is 0.302 e. The minimum Gasteiger partial charge on any atom is -0.302 e. The number of pyridine rings is 1. The third-order valence-electron chi connectivity index (χ3n) is 4.09. The average Bonchev–Trinajstić information content (AvgIpc) is 2.37. The minimum absolute atomic E-state index is 0.00564. The topological polar surface area (TPSA) is 54.2 Å². The van der Waals surface area contributed by atoms with Gasteiger partial charge in [-0.05, 0) is 45.5 Å². The highest BCUT2D eigenvalue weighted by Gasteiger charge is 2.38. The van der Waals surface area contributed by atoms with Crippen molar-refractivity contribution in [2.24, 2.45) is 5.84 Å². The first kappa shape index (κ1) is 15.1. The predicted molar refractivity (Wildman–Crippen MR) is 76.0 cm³/mol. The van der Waals surface area contributed by atoms with E-state index in [2.05, 4.69) is 49.3 Å². The Morgan fingerprint density at radius 1 is 1.33 bits per heavy atom. The van der Waals surface area contributed by atoms with Gasteiger partial charge in [0.15, 0.2) is 0 Å². The summed E-state index contributed by atoms with van der Waals surface area (Å²) in [6.45, 7) is 6.40. The first-order valence-corrected chi connectivity index (χ1v) is 6.58. The van der Waals surface area contributed by atoms with Crippen LogP contribution in [0, 0.1) is 6.92 Å². The van der Waals surface area contributed by atoms with E-state index >= 15 is 0 Å². The van der Waals surface area contributed by atoms with Crippen molar-refractivity contribution in [1.82, 2.24) is 15.3 Å². The molecule has 1 rings (SSSR count). The molecule has 4 heteroatoms. The second-order valence-electron chi connectivity index (χ2n) is 5.04. The predicted octanol–water partition coefficient (Wildman–Crippen LogP) is 2.01. The summed E-state index contributed by atoms with van der Waals surface area (Å²) >= 11 is 0. The average molecular weight is 250 g/mol. The summed E-state index contributed by atoms with van der Waals surface area (Å²) in [4.78, 5) is 6.64. The number of hydrogen-bond donors (Lipinski definition) is 2. The summed E-state index contributed by atoms with van der Waals surface area (Å²) in [5, 5.41) is 0. The van der Waals surface area contributed by atoms with Crippen LogP contribution in [-0.4, -0.2) is 29.5 Å². The normalized spacial score (nSPS) is 13.9. The van der Waals surface area contributed by atoms with Crippen LogP contribution in [0.1, 0.15) is 44.0 Å². The zero-order valence-corrected chi connectivity index (χ0v) is 12.2. The molecular formula is C14H26N4. The molecule has 4 nitrogen and oxygen atoms in total. The van der Waals surface area contributed by atoms with E-state index in [1.54, 1.807) is 0 Å². The van der Waals surface area contributed by atoms with E-state index in [4.69, 9.17) is 5.84 Å². The lowest BCUT2D eigenvalue weighted by molar-refractivity contribution is 0.0880. The molecule has 1 aromatic heterocycles. The molecule has 1 heterocycles. The second-order valence-corrected chi connectivity index (χ2v) is 5.04. The van der Waals surface area contributed by atoms with E-state index in [0.29, 0.717) is 0 Å². The van der Waals surface area contributed by atoms with Crippen molar-refractivity contribution in [3.8, 4) is 0 Å². The number of nitrogens with two attached hydrogens (primary N) is 1. The van der Waals surface area contributed by atoms with Crippen molar-refractivity contribution in [2.45, 2.75) is 45.2 Å². The van der Waals surface area contributed by atoms with Crippen molar-refractivity contribution in [2.75, 3.05) is 14.1 Å². The van der Waals surface area contributed by atoms with Crippen molar-refractivity contribution >= 4 is 0 Å². The van der Waals surface area contributed by atoms with Crippen molar-refractivity contribution < 1.29 is 0 Å². The summed E-state index contributed by atoms with van der Waals surface area (Å²) in [5.41, 5.74) is 5.15. The molecule has 102 valence electrons. The fraction of sp³-hybridized carbons (Fsp3) is 0.643. The van der Waals surface area contributed by atoms with Crippen LogP contribution in [0.4, 0.5) is 0 Å². The van der Waals surface area contributed by atoms with Crippen LogP contribution in [-0.2, 0) is 0 Å². The molecule has 0 fully saturated rings. The molecule has 0 radical (unpaired) electrons. The number of aryl methyl sites for hydroxylation is 1.